The summed E-state index contributed by atoms with van der Waals surface area (Å²) < 4.78 is 10.7. The van der Waals surface area contributed by atoms with Gasteiger partial charge >= 0.3 is 0 Å². The summed E-state index contributed by atoms with van der Waals surface area (Å²) in [4.78, 5) is 0. The van der Waals surface area contributed by atoms with Crippen LogP contribution in [0.25, 0.3) is 0 Å². The van der Waals surface area contributed by atoms with Gasteiger partial charge in [-0.15, -0.1) is 6.58 Å². The maximum absolute atomic E-state index is 9.82. The van der Waals surface area contributed by atoms with Crippen LogP contribution in [0, 0.1) is 0 Å². The summed E-state index contributed by atoms with van der Waals surface area (Å²) in [7, 11) is 0. The van der Waals surface area contributed by atoms with Crippen LogP contribution in [-0.4, -0.2) is 64.3 Å². The van der Waals surface area contributed by atoms with Crippen molar-refractivity contribution in [2.24, 2.45) is 0 Å². The fourth-order valence-corrected chi connectivity index (χ4v) is 2.68. The fourth-order valence-electron chi connectivity index (χ4n) is 2.68. The maximum Gasteiger partial charge on any atom is 0.186 e. The van der Waals surface area contributed by atoms with E-state index < -0.39 is 37.3 Å². The molecule has 0 spiro atoms. The van der Waals surface area contributed by atoms with Crippen LogP contribution in [0.2, 0.25) is 0 Å². The molecule has 23 heavy (non-hydrogen) atoms. The van der Waals surface area contributed by atoms with E-state index in [0.29, 0.717) is 6.61 Å². The molecular formula is C17H32O6. The van der Waals surface area contributed by atoms with E-state index in [1.54, 1.807) is 0 Å². The summed E-state index contributed by atoms with van der Waals surface area (Å²) in [6, 6.07) is 0. The Bertz CT molecular complexity index is 309. The SMILES string of the molecule is C=CCCCCCCCCCOC1O[C@H](CO)[C@H](O)[C@H](O)[C@H]1O. The van der Waals surface area contributed by atoms with Crippen molar-refractivity contribution in [3.05, 3.63) is 12.7 Å². The van der Waals surface area contributed by atoms with Crippen molar-refractivity contribution in [3.8, 4) is 0 Å². The second-order valence-electron chi connectivity index (χ2n) is 6.12. The Balaban J connectivity index is 2.07. The normalized spacial score (nSPS) is 31.2. The molecule has 4 N–H and O–H groups in total. The van der Waals surface area contributed by atoms with Gasteiger partial charge in [0.2, 0.25) is 0 Å². The Morgan fingerprint density at radius 2 is 1.48 bits per heavy atom. The highest BCUT2D eigenvalue weighted by Gasteiger charge is 2.43. The first-order valence-electron chi connectivity index (χ1n) is 8.64. The number of ether oxygens (including phenoxy) is 2. The van der Waals surface area contributed by atoms with E-state index in [-0.39, 0.29) is 0 Å². The topological polar surface area (TPSA) is 99.4 Å². The zero-order valence-electron chi connectivity index (χ0n) is 13.8. The molecule has 0 radical (unpaired) electrons. The standard InChI is InChI=1S/C17H32O6/c1-2-3-4-5-6-7-8-9-10-11-22-17-16(21)15(20)14(19)13(12-18)23-17/h2,13-21H,1,3-12H2/t13-,14+,15+,16-,17?/m1/s1. The van der Waals surface area contributed by atoms with Crippen LogP contribution in [0.5, 0.6) is 0 Å². The van der Waals surface area contributed by atoms with Crippen molar-refractivity contribution in [1.82, 2.24) is 0 Å². The van der Waals surface area contributed by atoms with E-state index in [9.17, 15) is 15.3 Å². The van der Waals surface area contributed by atoms with Gasteiger partial charge in [-0.2, -0.15) is 0 Å². The minimum Gasteiger partial charge on any atom is -0.394 e. The van der Waals surface area contributed by atoms with E-state index in [1.807, 2.05) is 6.08 Å². The first-order chi connectivity index (χ1) is 11.1. The van der Waals surface area contributed by atoms with E-state index in [2.05, 4.69) is 6.58 Å². The molecule has 5 atom stereocenters. The summed E-state index contributed by atoms with van der Waals surface area (Å²) in [6.45, 7) is 3.69. The Hall–Kier alpha value is -0.500. The third-order valence-corrected chi connectivity index (χ3v) is 4.18. The molecule has 1 heterocycles. The number of unbranched alkanes of at least 4 members (excludes halogenated alkanes) is 7. The Kier molecular flexibility index (Phi) is 10.7. The predicted molar refractivity (Wildman–Crippen MR) is 86.9 cm³/mol. The minimum atomic E-state index is -1.37. The van der Waals surface area contributed by atoms with Crippen molar-refractivity contribution in [2.45, 2.75) is 82.1 Å². The van der Waals surface area contributed by atoms with E-state index in [1.165, 1.54) is 25.7 Å². The van der Waals surface area contributed by atoms with Crippen LogP contribution >= 0.6 is 0 Å². The molecule has 1 aliphatic rings. The van der Waals surface area contributed by atoms with Gasteiger partial charge in [-0.1, -0.05) is 38.2 Å². The van der Waals surface area contributed by atoms with Crippen LogP contribution in [0.4, 0.5) is 0 Å². The van der Waals surface area contributed by atoms with Crippen LogP contribution in [0.15, 0.2) is 12.7 Å². The van der Waals surface area contributed by atoms with Gasteiger partial charge in [0.1, 0.15) is 24.4 Å². The van der Waals surface area contributed by atoms with Gasteiger partial charge < -0.3 is 29.9 Å². The first kappa shape index (κ1) is 20.5. The number of hydrogen-bond donors (Lipinski definition) is 4. The molecule has 0 aliphatic carbocycles. The van der Waals surface area contributed by atoms with Gasteiger partial charge in [0.25, 0.3) is 0 Å². The van der Waals surface area contributed by atoms with Crippen LogP contribution < -0.4 is 0 Å². The van der Waals surface area contributed by atoms with Gasteiger partial charge in [-0.3, -0.25) is 0 Å². The number of hydrogen-bond acceptors (Lipinski definition) is 6. The van der Waals surface area contributed by atoms with E-state index in [4.69, 9.17) is 14.6 Å². The number of rotatable bonds is 12. The lowest BCUT2D eigenvalue weighted by Gasteiger charge is -2.39. The van der Waals surface area contributed by atoms with Gasteiger partial charge in [0.15, 0.2) is 6.29 Å². The summed E-state index contributed by atoms with van der Waals surface area (Å²) in [5, 5.41) is 38.2. The van der Waals surface area contributed by atoms with Gasteiger partial charge in [0.05, 0.1) is 6.61 Å². The third kappa shape index (κ3) is 7.28. The number of allylic oxidation sites excluding steroid dienone is 1. The van der Waals surface area contributed by atoms with Crippen LogP contribution in [0.1, 0.15) is 51.4 Å². The van der Waals surface area contributed by atoms with Crippen molar-refractivity contribution in [3.63, 3.8) is 0 Å². The van der Waals surface area contributed by atoms with Crippen molar-refractivity contribution in [1.29, 1.82) is 0 Å². The quantitative estimate of drug-likeness (QED) is 0.316. The summed E-state index contributed by atoms with van der Waals surface area (Å²) in [5.41, 5.74) is 0. The molecule has 1 unspecified atom stereocenters. The van der Waals surface area contributed by atoms with E-state index in [0.717, 1.165) is 25.7 Å². The summed E-state index contributed by atoms with van der Waals surface area (Å²) in [6.07, 6.45) is 5.04. The second kappa shape index (κ2) is 11.9. The molecule has 0 saturated carbocycles. The first-order valence-corrected chi connectivity index (χ1v) is 8.64. The molecule has 6 nitrogen and oxygen atoms in total. The second-order valence-corrected chi connectivity index (χ2v) is 6.12. The Labute approximate surface area is 138 Å². The monoisotopic (exact) mass is 332 g/mol. The molecule has 6 heteroatoms. The highest BCUT2D eigenvalue weighted by molar-refractivity contribution is 4.88. The average molecular weight is 332 g/mol. The predicted octanol–water partition coefficient (Wildman–Crippen LogP) is 1.11. The molecule has 0 aromatic heterocycles. The number of aliphatic hydroxyl groups excluding tert-OH is 4. The zero-order valence-corrected chi connectivity index (χ0v) is 13.8. The minimum absolute atomic E-state index is 0.416. The molecule has 1 aliphatic heterocycles. The number of aliphatic hydroxyl groups is 4. The average Bonchev–Trinajstić information content (AvgIpc) is 2.56. The largest absolute Gasteiger partial charge is 0.394 e. The fraction of sp³-hybridized carbons (Fsp3) is 0.882. The van der Waals surface area contributed by atoms with Crippen LogP contribution in [-0.2, 0) is 9.47 Å². The molecule has 0 aromatic rings. The van der Waals surface area contributed by atoms with Crippen molar-refractivity contribution >= 4 is 0 Å². The zero-order chi connectivity index (χ0) is 17.1. The molecule has 1 saturated heterocycles. The molecule has 1 rings (SSSR count). The van der Waals surface area contributed by atoms with Gasteiger partial charge in [0, 0.05) is 6.61 Å². The Morgan fingerprint density at radius 3 is 2.09 bits per heavy atom. The summed E-state index contributed by atoms with van der Waals surface area (Å²) in [5.74, 6) is 0. The van der Waals surface area contributed by atoms with Crippen LogP contribution in [0.3, 0.4) is 0 Å². The summed E-state index contributed by atoms with van der Waals surface area (Å²) >= 11 is 0. The lowest BCUT2D eigenvalue weighted by molar-refractivity contribution is -0.301. The molecule has 136 valence electrons. The lowest BCUT2D eigenvalue weighted by atomic mass is 9.99. The van der Waals surface area contributed by atoms with Crippen molar-refractivity contribution < 1.29 is 29.9 Å². The Morgan fingerprint density at radius 1 is 0.870 bits per heavy atom. The molecular weight excluding hydrogens is 300 g/mol. The maximum atomic E-state index is 9.82. The van der Waals surface area contributed by atoms with E-state index >= 15 is 0 Å². The van der Waals surface area contributed by atoms with Crippen molar-refractivity contribution in [2.75, 3.05) is 13.2 Å². The molecule has 1 fully saturated rings. The van der Waals surface area contributed by atoms with Gasteiger partial charge in [-0.25, -0.2) is 0 Å². The molecule has 0 amide bonds. The van der Waals surface area contributed by atoms with Gasteiger partial charge in [-0.05, 0) is 19.3 Å². The smallest absolute Gasteiger partial charge is 0.186 e. The highest BCUT2D eigenvalue weighted by atomic mass is 16.7. The molecule has 0 bridgehead atoms. The molecule has 0 aromatic carbocycles. The third-order valence-electron chi connectivity index (χ3n) is 4.18. The lowest BCUT2D eigenvalue weighted by Crippen LogP contribution is -2.59. The highest BCUT2D eigenvalue weighted by Crippen LogP contribution is 2.22.